The third kappa shape index (κ3) is 2.08. The minimum absolute atomic E-state index is 0.656. The minimum Gasteiger partial charge on any atom is -0.356 e. The Hall–Kier alpha value is -1.62. The SMILES string of the molecule is Cc1ccc(Br)cc1-c1nc2n(c1C=O)CCCN2. The first-order valence-electron chi connectivity index (χ1n) is 6.27. The summed E-state index contributed by atoms with van der Waals surface area (Å²) >= 11 is 3.47. The summed E-state index contributed by atoms with van der Waals surface area (Å²) in [5.74, 6) is 0.794. The summed E-state index contributed by atoms with van der Waals surface area (Å²) in [6.07, 6.45) is 1.92. The molecule has 0 aliphatic carbocycles. The maximum atomic E-state index is 11.4. The standard InChI is InChI=1S/C14H14BrN3O/c1-9-3-4-10(15)7-11(9)13-12(8-19)18-6-2-5-16-14(18)17-13/h3-4,7-8H,2,5-6H2,1H3,(H,16,17). The highest BCUT2D eigenvalue weighted by molar-refractivity contribution is 9.10. The number of carbonyl (C=O) groups excluding carboxylic acids is 1. The lowest BCUT2D eigenvalue weighted by atomic mass is 10.0. The van der Waals surface area contributed by atoms with E-state index in [1.165, 1.54) is 0 Å². The average Bonchev–Trinajstić information content (AvgIpc) is 2.79. The minimum atomic E-state index is 0.656. The molecule has 3 rings (SSSR count). The first-order valence-corrected chi connectivity index (χ1v) is 7.06. The van der Waals surface area contributed by atoms with Crippen molar-refractivity contribution >= 4 is 28.2 Å². The third-order valence-corrected chi connectivity index (χ3v) is 3.91. The van der Waals surface area contributed by atoms with Crippen molar-refractivity contribution in [2.75, 3.05) is 11.9 Å². The van der Waals surface area contributed by atoms with Gasteiger partial charge in [0, 0.05) is 23.1 Å². The topological polar surface area (TPSA) is 46.9 Å². The molecular weight excluding hydrogens is 306 g/mol. The number of halogens is 1. The van der Waals surface area contributed by atoms with Gasteiger partial charge in [-0.05, 0) is 31.0 Å². The Kier molecular flexibility index (Phi) is 3.14. The first-order chi connectivity index (χ1) is 9.20. The zero-order chi connectivity index (χ0) is 13.4. The van der Waals surface area contributed by atoms with Crippen LogP contribution in [0.1, 0.15) is 22.5 Å². The highest BCUT2D eigenvalue weighted by Gasteiger charge is 2.21. The van der Waals surface area contributed by atoms with E-state index in [1.807, 2.05) is 29.7 Å². The van der Waals surface area contributed by atoms with Crippen molar-refractivity contribution in [1.82, 2.24) is 9.55 Å². The molecule has 0 unspecified atom stereocenters. The van der Waals surface area contributed by atoms with Gasteiger partial charge < -0.3 is 9.88 Å². The van der Waals surface area contributed by atoms with Crippen LogP contribution in [0.4, 0.5) is 5.95 Å². The molecule has 19 heavy (non-hydrogen) atoms. The van der Waals surface area contributed by atoms with E-state index < -0.39 is 0 Å². The maximum Gasteiger partial charge on any atom is 0.203 e. The molecule has 2 heterocycles. The van der Waals surface area contributed by atoms with Gasteiger partial charge in [-0.3, -0.25) is 4.79 Å². The lowest BCUT2D eigenvalue weighted by molar-refractivity contribution is 0.111. The summed E-state index contributed by atoms with van der Waals surface area (Å²) in [6, 6.07) is 6.03. The Labute approximate surface area is 120 Å². The summed E-state index contributed by atoms with van der Waals surface area (Å²) < 4.78 is 2.95. The summed E-state index contributed by atoms with van der Waals surface area (Å²) in [5, 5.41) is 3.24. The molecule has 0 saturated carbocycles. The molecule has 1 aromatic carbocycles. The van der Waals surface area contributed by atoms with E-state index in [0.29, 0.717) is 5.69 Å². The summed E-state index contributed by atoms with van der Waals surface area (Å²) in [7, 11) is 0. The Morgan fingerprint density at radius 3 is 3.11 bits per heavy atom. The van der Waals surface area contributed by atoms with Crippen LogP contribution >= 0.6 is 15.9 Å². The molecule has 98 valence electrons. The molecule has 0 atom stereocenters. The summed E-state index contributed by atoms with van der Waals surface area (Å²) in [6.45, 7) is 3.78. The van der Waals surface area contributed by atoms with Gasteiger partial charge in [0.25, 0.3) is 0 Å². The number of imidazole rings is 1. The van der Waals surface area contributed by atoms with Crippen molar-refractivity contribution in [3.05, 3.63) is 33.9 Å². The molecule has 1 aliphatic heterocycles. The molecule has 1 aromatic heterocycles. The fourth-order valence-electron chi connectivity index (χ4n) is 2.43. The molecule has 4 nitrogen and oxygen atoms in total. The van der Waals surface area contributed by atoms with E-state index in [4.69, 9.17) is 0 Å². The Bertz CT molecular complexity index is 648. The number of rotatable bonds is 2. The van der Waals surface area contributed by atoms with Gasteiger partial charge in [-0.25, -0.2) is 4.98 Å². The van der Waals surface area contributed by atoms with E-state index >= 15 is 0 Å². The largest absolute Gasteiger partial charge is 0.356 e. The van der Waals surface area contributed by atoms with Crippen LogP contribution in [0, 0.1) is 6.92 Å². The van der Waals surface area contributed by atoms with Crippen molar-refractivity contribution in [2.24, 2.45) is 0 Å². The van der Waals surface area contributed by atoms with E-state index in [2.05, 4.69) is 26.2 Å². The number of aldehydes is 1. The van der Waals surface area contributed by atoms with Gasteiger partial charge in [-0.2, -0.15) is 0 Å². The van der Waals surface area contributed by atoms with Gasteiger partial charge in [-0.15, -0.1) is 0 Å². The van der Waals surface area contributed by atoms with Crippen molar-refractivity contribution in [2.45, 2.75) is 19.9 Å². The Morgan fingerprint density at radius 2 is 2.32 bits per heavy atom. The van der Waals surface area contributed by atoms with Gasteiger partial charge in [0.2, 0.25) is 5.95 Å². The van der Waals surface area contributed by atoms with Crippen molar-refractivity contribution in [3.63, 3.8) is 0 Å². The van der Waals surface area contributed by atoms with E-state index in [0.717, 1.165) is 53.0 Å². The number of aromatic nitrogens is 2. The number of nitrogens with zero attached hydrogens (tertiary/aromatic N) is 2. The maximum absolute atomic E-state index is 11.4. The molecule has 1 N–H and O–H groups in total. The molecule has 0 saturated heterocycles. The molecule has 0 radical (unpaired) electrons. The molecular formula is C14H14BrN3O. The summed E-state index contributed by atoms with van der Waals surface area (Å²) in [4.78, 5) is 16.0. The predicted octanol–water partition coefficient (Wildman–Crippen LogP) is 3.25. The third-order valence-electron chi connectivity index (χ3n) is 3.41. The van der Waals surface area contributed by atoms with Crippen LogP contribution in [-0.4, -0.2) is 22.4 Å². The van der Waals surface area contributed by atoms with E-state index in [-0.39, 0.29) is 0 Å². The second-order valence-electron chi connectivity index (χ2n) is 4.68. The van der Waals surface area contributed by atoms with Crippen LogP contribution < -0.4 is 5.32 Å². The normalized spacial score (nSPS) is 13.8. The second-order valence-corrected chi connectivity index (χ2v) is 5.59. The van der Waals surface area contributed by atoms with Crippen molar-refractivity contribution in [3.8, 4) is 11.3 Å². The number of anilines is 1. The molecule has 5 heteroatoms. The zero-order valence-electron chi connectivity index (χ0n) is 10.6. The summed E-state index contributed by atoms with van der Waals surface area (Å²) in [5.41, 5.74) is 3.53. The van der Waals surface area contributed by atoms with E-state index in [1.54, 1.807) is 0 Å². The van der Waals surface area contributed by atoms with Crippen LogP contribution in [0.3, 0.4) is 0 Å². The lowest BCUT2D eigenvalue weighted by Gasteiger charge is -2.15. The monoisotopic (exact) mass is 319 g/mol. The van der Waals surface area contributed by atoms with Gasteiger partial charge in [-0.1, -0.05) is 22.0 Å². The molecule has 0 amide bonds. The Morgan fingerprint density at radius 1 is 1.47 bits per heavy atom. The number of nitrogens with one attached hydrogen (secondary N) is 1. The fourth-order valence-corrected chi connectivity index (χ4v) is 2.79. The van der Waals surface area contributed by atoms with Crippen LogP contribution in [0.2, 0.25) is 0 Å². The smallest absolute Gasteiger partial charge is 0.203 e. The average molecular weight is 320 g/mol. The van der Waals surface area contributed by atoms with Crippen molar-refractivity contribution < 1.29 is 4.79 Å². The predicted molar refractivity (Wildman–Crippen MR) is 78.6 cm³/mol. The quantitative estimate of drug-likeness (QED) is 0.864. The number of carbonyl (C=O) groups is 1. The van der Waals surface area contributed by atoms with Crippen LogP contribution in [0.5, 0.6) is 0 Å². The molecule has 0 fully saturated rings. The number of hydrogen-bond donors (Lipinski definition) is 1. The highest BCUT2D eigenvalue weighted by Crippen LogP contribution is 2.31. The van der Waals surface area contributed by atoms with Crippen LogP contribution in [0.15, 0.2) is 22.7 Å². The number of hydrogen-bond acceptors (Lipinski definition) is 3. The number of aryl methyl sites for hydroxylation is 1. The number of fused-ring (bicyclic) bond motifs is 1. The van der Waals surface area contributed by atoms with Crippen LogP contribution in [-0.2, 0) is 6.54 Å². The van der Waals surface area contributed by atoms with Gasteiger partial charge in [0.15, 0.2) is 6.29 Å². The molecule has 1 aliphatic rings. The van der Waals surface area contributed by atoms with Crippen molar-refractivity contribution in [1.29, 1.82) is 0 Å². The van der Waals surface area contributed by atoms with Gasteiger partial charge >= 0.3 is 0 Å². The molecule has 0 bridgehead atoms. The first kappa shape index (κ1) is 12.4. The second kappa shape index (κ2) is 4.81. The Balaban J connectivity index is 2.22. The zero-order valence-corrected chi connectivity index (χ0v) is 12.2. The van der Waals surface area contributed by atoms with Gasteiger partial charge in [0.05, 0.1) is 0 Å². The fraction of sp³-hybridized carbons (Fsp3) is 0.286. The molecule has 0 spiro atoms. The molecule has 2 aromatic rings. The lowest BCUT2D eigenvalue weighted by Crippen LogP contribution is -2.18. The highest BCUT2D eigenvalue weighted by atomic mass is 79.9. The van der Waals surface area contributed by atoms with Crippen LogP contribution in [0.25, 0.3) is 11.3 Å². The van der Waals surface area contributed by atoms with E-state index in [9.17, 15) is 4.79 Å². The number of benzene rings is 1. The van der Waals surface area contributed by atoms with Gasteiger partial charge in [0.1, 0.15) is 11.4 Å².